The number of nitrogens with zero attached hydrogens (tertiary/aromatic N) is 2. The fourth-order valence-electron chi connectivity index (χ4n) is 7.26. The summed E-state index contributed by atoms with van der Waals surface area (Å²) < 4.78 is 4.99. The predicted octanol–water partition coefficient (Wildman–Crippen LogP) is 0.0499. The molecule has 2 aromatic rings. The lowest BCUT2D eigenvalue weighted by Crippen LogP contribution is -2.74. The average Bonchev–Trinajstić information content (AvgIpc) is 3.43. The zero-order valence-electron chi connectivity index (χ0n) is 25.7. The third kappa shape index (κ3) is 4.88. The molecule has 0 saturated heterocycles. The molecule has 6 N–H and O–H groups in total. The Labute approximate surface area is 258 Å². The number of H-pyrrole nitrogens is 1. The maximum Gasteiger partial charge on any atom is 0.354 e. The van der Waals surface area contributed by atoms with Gasteiger partial charge >= 0.3 is 5.97 Å². The number of aromatic amines is 1. The highest BCUT2D eigenvalue weighted by atomic mass is 16.5. The van der Waals surface area contributed by atoms with Gasteiger partial charge in [-0.1, -0.05) is 0 Å². The summed E-state index contributed by atoms with van der Waals surface area (Å²) in [4.78, 5) is 85.4. The van der Waals surface area contributed by atoms with Gasteiger partial charge in [0.2, 0.25) is 5.91 Å². The number of aliphatic hydroxyl groups is 1. The number of hydrogen-bond acceptors (Lipinski definition) is 12. The Bertz CT molecular complexity index is 1630. The van der Waals surface area contributed by atoms with E-state index in [1.165, 1.54) is 19.0 Å². The van der Waals surface area contributed by atoms with Crippen molar-refractivity contribution >= 4 is 46.5 Å². The molecule has 14 nitrogen and oxygen atoms in total. The fourth-order valence-corrected chi connectivity index (χ4v) is 7.26. The highest BCUT2D eigenvalue weighted by Gasteiger charge is 2.69. The van der Waals surface area contributed by atoms with Crippen LogP contribution in [-0.4, -0.2) is 102 Å². The molecule has 240 valence electrons. The van der Waals surface area contributed by atoms with E-state index < -0.39 is 70.3 Å². The first-order chi connectivity index (χ1) is 21.1. The van der Waals surface area contributed by atoms with Crippen LogP contribution in [0.15, 0.2) is 18.2 Å². The number of nitrogens with one attached hydrogen (secondary N) is 2. The van der Waals surface area contributed by atoms with Gasteiger partial charge < -0.3 is 35.9 Å². The molecule has 1 amide bonds. The van der Waals surface area contributed by atoms with Crippen LogP contribution >= 0.6 is 0 Å². The second-order valence-corrected chi connectivity index (χ2v) is 12.3. The first-order valence-corrected chi connectivity index (χ1v) is 14.6. The Morgan fingerprint density at radius 2 is 1.82 bits per heavy atom. The number of primary amides is 1. The van der Waals surface area contributed by atoms with Gasteiger partial charge in [0.05, 0.1) is 24.1 Å². The number of hydrogen-bond donors (Lipinski definition) is 5. The minimum atomic E-state index is -2.79. The lowest BCUT2D eigenvalue weighted by molar-refractivity contribution is -0.181. The van der Waals surface area contributed by atoms with Gasteiger partial charge in [0.15, 0.2) is 34.7 Å². The van der Waals surface area contributed by atoms with E-state index in [-0.39, 0.29) is 43.0 Å². The molecule has 2 saturated carbocycles. The third-order valence-corrected chi connectivity index (χ3v) is 9.25. The number of rotatable bonds is 8. The maximum absolute atomic E-state index is 14.2. The number of anilines is 2. The number of ether oxygens (including phenoxy) is 1. The zero-order valence-corrected chi connectivity index (χ0v) is 25.7. The van der Waals surface area contributed by atoms with E-state index in [2.05, 4.69) is 10.3 Å². The van der Waals surface area contributed by atoms with Crippen molar-refractivity contribution < 1.29 is 43.7 Å². The van der Waals surface area contributed by atoms with Crippen LogP contribution in [0.4, 0.5) is 11.5 Å². The topological polar surface area (TPSA) is 212 Å². The number of aromatic hydroxyl groups is 1. The number of esters is 1. The predicted molar refractivity (Wildman–Crippen MR) is 160 cm³/mol. The molecule has 2 fully saturated rings. The molecule has 0 spiro atoms. The van der Waals surface area contributed by atoms with Gasteiger partial charge in [-0.2, -0.15) is 0 Å². The molecule has 2 unspecified atom stereocenters. The van der Waals surface area contributed by atoms with Crippen molar-refractivity contribution in [2.75, 3.05) is 45.0 Å². The second kappa shape index (κ2) is 11.4. The Morgan fingerprint density at radius 1 is 1.13 bits per heavy atom. The standard InChI is InChI=1S/C31H37N5O9/c1-6-45-30(43)17-7-8-19(34-17)33-12-14-11-18(35(2)3)15-9-13-10-16-23(36(4)5)26(39)22(29(32)42)28(41)31(16,44)27(40)20(13)25(38)21(15)24(14)37/h7-8,11,13,16,20,22-23,33-34,37,44H,6,9-10,12H2,1-5H3,(H2,32,42)/t13-,16-,20?,22?,23-,31-/m0/s1. The smallest absolute Gasteiger partial charge is 0.354 e. The molecule has 5 rings (SSSR count). The van der Waals surface area contributed by atoms with E-state index in [0.717, 1.165) is 0 Å². The van der Waals surface area contributed by atoms with Crippen molar-refractivity contribution in [3.8, 4) is 5.75 Å². The minimum Gasteiger partial charge on any atom is -0.507 e. The van der Waals surface area contributed by atoms with Gasteiger partial charge in [0.1, 0.15) is 17.3 Å². The van der Waals surface area contributed by atoms with E-state index in [9.17, 15) is 39.0 Å². The van der Waals surface area contributed by atoms with Crippen molar-refractivity contribution in [2.24, 2.45) is 29.4 Å². The van der Waals surface area contributed by atoms with Crippen LogP contribution in [0.2, 0.25) is 0 Å². The second-order valence-electron chi connectivity index (χ2n) is 12.3. The van der Waals surface area contributed by atoms with Crippen LogP contribution in [0.5, 0.6) is 5.75 Å². The van der Waals surface area contributed by atoms with Crippen molar-refractivity contribution in [3.05, 3.63) is 40.6 Å². The summed E-state index contributed by atoms with van der Waals surface area (Å²) in [6.07, 6.45) is 0.122. The number of carbonyl (C=O) groups is 6. The van der Waals surface area contributed by atoms with Crippen molar-refractivity contribution in [1.82, 2.24) is 9.88 Å². The van der Waals surface area contributed by atoms with E-state index in [1.54, 1.807) is 44.1 Å². The number of aromatic nitrogens is 1. The Kier molecular flexibility index (Phi) is 8.08. The first kappa shape index (κ1) is 31.9. The fraction of sp³-hybridized carbons (Fsp3) is 0.484. The summed E-state index contributed by atoms with van der Waals surface area (Å²) in [5.41, 5.74) is 4.16. The van der Waals surface area contributed by atoms with Gasteiger partial charge in [-0.05, 0) is 63.5 Å². The molecule has 1 heterocycles. The molecule has 45 heavy (non-hydrogen) atoms. The third-order valence-electron chi connectivity index (χ3n) is 9.25. The number of ketones is 4. The Balaban J connectivity index is 1.54. The SMILES string of the molecule is CCOC(=O)c1ccc(NCc2cc(N(C)C)c3c(c2O)C(=O)C2C(=O)[C@]4(O)C(=O)C(C(N)=O)C(=O)[C@@H](N(C)C)[C@@H]4C[C@@H]2C3)[nH]1. The molecular formula is C31H37N5O9. The summed E-state index contributed by atoms with van der Waals surface area (Å²) in [6.45, 7) is 1.92. The number of phenols is 1. The molecule has 3 aliphatic rings. The van der Waals surface area contributed by atoms with Gasteiger partial charge in [-0.15, -0.1) is 0 Å². The number of phenolic OH excluding ortho intramolecular Hbond substituents is 1. The minimum absolute atomic E-state index is 0.0233. The van der Waals surface area contributed by atoms with Crippen molar-refractivity contribution in [1.29, 1.82) is 0 Å². The number of amides is 1. The lowest BCUT2D eigenvalue weighted by atomic mass is 9.52. The highest BCUT2D eigenvalue weighted by Crippen LogP contribution is 2.52. The summed E-state index contributed by atoms with van der Waals surface area (Å²) >= 11 is 0. The van der Waals surface area contributed by atoms with Crippen molar-refractivity contribution in [2.45, 2.75) is 38.0 Å². The molecule has 0 aliphatic heterocycles. The maximum atomic E-state index is 14.2. The van der Waals surface area contributed by atoms with Crippen LogP contribution in [0.3, 0.4) is 0 Å². The van der Waals surface area contributed by atoms with E-state index >= 15 is 0 Å². The number of fused-ring (bicyclic) bond motifs is 3. The lowest BCUT2D eigenvalue weighted by Gasteiger charge is -2.52. The van der Waals surface area contributed by atoms with Crippen LogP contribution in [0.1, 0.15) is 45.3 Å². The number of nitrogens with two attached hydrogens (primary N) is 1. The molecule has 1 aromatic carbocycles. The largest absolute Gasteiger partial charge is 0.507 e. The molecule has 1 aromatic heterocycles. The summed E-state index contributed by atoms with van der Waals surface area (Å²) in [7, 11) is 6.62. The van der Waals surface area contributed by atoms with E-state index in [4.69, 9.17) is 10.5 Å². The normalized spacial score (nSPS) is 27.5. The summed E-state index contributed by atoms with van der Waals surface area (Å²) in [6, 6.07) is 3.71. The van der Waals surface area contributed by atoms with E-state index in [1.807, 2.05) is 0 Å². The van der Waals surface area contributed by atoms with Gasteiger partial charge in [-0.25, -0.2) is 4.79 Å². The molecular weight excluding hydrogens is 586 g/mol. The van der Waals surface area contributed by atoms with Crippen molar-refractivity contribution in [3.63, 3.8) is 0 Å². The van der Waals surface area contributed by atoms with Gasteiger partial charge in [0, 0.05) is 37.8 Å². The number of likely N-dealkylation sites (N-methyl/N-ethyl adjacent to an activating group) is 1. The van der Waals surface area contributed by atoms with Crippen LogP contribution < -0.4 is 16.0 Å². The quantitative estimate of drug-likeness (QED) is 0.195. The first-order valence-electron chi connectivity index (χ1n) is 14.6. The molecule has 6 atom stereocenters. The highest BCUT2D eigenvalue weighted by molar-refractivity contribution is 6.32. The number of benzene rings is 1. The molecule has 14 heteroatoms. The zero-order chi connectivity index (χ0) is 33.1. The molecule has 0 radical (unpaired) electrons. The van der Waals surface area contributed by atoms with Crippen LogP contribution in [0.25, 0.3) is 0 Å². The molecule has 3 aliphatic carbocycles. The number of carbonyl (C=O) groups excluding carboxylic acids is 6. The average molecular weight is 624 g/mol. The summed E-state index contributed by atoms with van der Waals surface area (Å²) in [5, 5.41) is 26.3. The van der Waals surface area contributed by atoms with E-state index in [0.29, 0.717) is 22.6 Å². The Hall–Kier alpha value is -4.56. The van der Waals surface area contributed by atoms with Crippen LogP contribution in [-0.2, 0) is 36.9 Å². The Morgan fingerprint density at radius 3 is 2.42 bits per heavy atom. The van der Waals surface area contributed by atoms with Crippen LogP contribution in [0, 0.1) is 23.7 Å². The molecule has 0 bridgehead atoms. The van der Waals surface area contributed by atoms with Gasteiger partial charge in [0.25, 0.3) is 0 Å². The van der Waals surface area contributed by atoms with Gasteiger partial charge in [-0.3, -0.25) is 28.9 Å². The monoisotopic (exact) mass is 623 g/mol. The number of Topliss-reactive ketones (excluding diaryl/α,β-unsaturated/α-hetero) is 4. The summed E-state index contributed by atoms with van der Waals surface area (Å²) in [5.74, 6) is -11.1.